The van der Waals surface area contributed by atoms with Crippen LogP contribution in [0.4, 0.5) is 5.69 Å². The van der Waals surface area contributed by atoms with E-state index in [1.807, 2.05) is 24.0 Å². The van der Waals surface area contributed by atoms with E-state index in [1.165, 1.54) is 6.92 Å². The molecule has 3 N–H and O–H groups in total. The number of likely N-dealkylation sites (tertiary alicyclic amines) is 1. The quantitative estimate of drug-likeness (QED) is 0.799. The number of nitrogens with zero attached hydrogens (tertiary/aromatic N) is 1. The Bertz CT molecular complexity index is 520. The van der Waals surface area contributed by atoms with Gasteiger partial charge < -0.3 is 16.0 Å². The Morgan fingerprint density at radius 2 is 1.95 bits per heavy atom. The molecule has 2 rings (SSSR count). The van der Waals surface area contributed by atoms with Gasteiger partial charge in [-0.05, 0) is 37.5 Å². The smallest absolute Gasteiger partial charge is 0.253 e. The molecular formula is C15H21N3O2. The highest BCUT2D eigenvalue weighted by Crippen LogP contribution is 2.17. The first-order chi connectivity index (χ1) is 9.47. The SMILES string of the molecule is CC(=O)NC1CCN(C(=O)c2ccc(C)c(N)c2)CC1. The molecule has 0 radical (unpaired) electrons. The van der Waals surface area contributed by atoms with Crippen molar-refractivity contribution in [2.75, 3.05) is 18.8 Å². The lowest BCUT2D eigenvalue weighted by molar-refractivity contribution is -0.119. The molecule has 0 aliphatic carbocycles. The van der Waals surface area contributed by atoms with Crippen LogP contribution in [0.3, 0.4) is 0 Å². The van der Waals surface area contributed by atoms with Crippen molar-refractivity contribution in [2.24, 2.45) is 0 Å². The van der Waals surface area contributed by atoms with Crippen LogP contribution in [0.25, 0.3) is 0 Å². The van der Waals surface area contributed by atoms with E-state index in [0.29, 0.717) is 24.3 Å². The summed E-state index contributed by atoms with van der Waals surface area (Å²) >= 11 is 0. The van der Waals surface area contributed by atoms with Gasteiger partial charge in [-0.1, -0.05) is 6.07 Å². The van der Waals surface area contributed by atoms with E-state index in [2.05, 4.69) is 5.32 Å². The zero-order valence-electron chi connectivity index (χ0n) is 12.0. The van der Waals surface area contributed by atoms with Crippen LogP contribution >= 0.6 is 0 Å². The number of carbonyl (C=O) groups excluding carboxylic acids is 2. The maximum Gasteiger partial charge on any atom is 0.253 e. The van der Waals surface area contributed by atoms with Gasteiger partial charge in [0.15, 0.2) is 0 Å². The molecule has 1 fully saturated rings. The van der Waals surface area contributed by atoms with Gasteiger partial charge >= 0.3 is 0 Å². The highest BCUT2D eigenvalue weighted by atomic mass is 16.2. The topological polar surface area (TPSA) is 75.4 Å². The molecule has 0 bridgehead atoms. The number of hydrogen-bond acceptors (Lipinski definition) is 3. The summed E-state index contributed by atoms with van der Waals surface area (Å²) in [4.78, 5) is 25.2. The van der Waals surface area contributed by atoms with Gasteiger partial charge in [-0.2, -0.15) is 0 Å². The van der Waals surface area contributed by atoms with E-state index in [0.717, 1.165) is 18.4 Å². The summed E-state index contributed by atoms with van der Waals surface area (Å²) in [5.41, 5.74) is 8.10. The molecule has 0 aromatic heterocycles. The molecule has 1 aromatic carbocycles. The van der Waals surface area contributed by atoms with Crippen LogP contribution in [0.15, 0.2) is 18.2 Å². The van der Waals surface area contributed by atoms with Gasteiger partial charge in [-0.25, -0.2) is 0 Å². The Labute approximate surface area is 119 Å². The fourth-order valence-corrected chi connectivity index (χ4v) is 2.47. The Morgan fingerprint density at radius 3 is 2.50 bits per heavy atom. The standard InChI is InChI=1S/C15H21N3O2/c1-10-3-4-12(9-14(10)16)15(20)18-7-5-13(6-8-18)17-11(2)19/h3-4,9,13H,5-8,16H2,1-2H3,(H,17,19). The summed E-state index contributed by atoms with van der Waals surface area (Å²) < 4.78 is 0. The monoisotopic (exact) mass is 275 g/mol. The highest BCUT2D eigenvalue weighted by molar-refractivity contribution is 5.95. The lowest BCUT2D eigenvalue weighted by atomic mass is 10.0. The van der Waals surface area contributed by atoms with Crippen molar-refractivity contribution in [3.63, 3.8) is 0 Å². The molecule has 20 heavy (non-hydrogen) atoms. The van der Waals surface area contributed by atoms with Crippen molar-refractivity contribution < 1.29 is 9.59 Å². The summed E-state index contributed by atoms with van der Waals surface area (Å²) in [5, 5.41) is 2.90. The molecule has 1 aliphatic rings. The van der Waals surface area contributed by atoms with Crippen molar-refractivity contribution >= 4 is 17.5 Å². The molecule has 1 heterocycles. The molecule has 0 unspecified atom stereocenters. The van der Waals surface area contributed by atoms with Crippen molar-refractivity contribution in [1.29, 1.82) is 0 Å². The van der Waals surface area contributed by atoms with E-state index >= 15 is 0 Å². The van der Waals surface area contributed by atoms with Gasteiger partial charge in [-0.3, -0.25) is 9.59 Å². The summed E-state index contributed by atoms with van der Waals surface area (Å²) in [6.07, 6.45) is 1.60. The zero-order chi connectivity index (χ0) is 14.7. The average molecular weight is 275 g/mol. The predicted octanol–water partition coefficient (Wildman–Crippen LogP) is 1.32. The Morgan fingerprint density at radius 1 is 1.30 bits per heavy atom. The third kappa shape index (κ3) is 3.29. The van der Waals surface area contributed by atoms with E-state index < -0.39 is 0 Å². The molecule has 108 valence electrons. The third-order valence-electron chi connectivity index (χ3n) is 3.72. The zero-order valence-corrected chi connectivity index (χ0v) is 12.0. The number of hydrogen-bond donors (Lipinski definition) is 2. The minimum Gasteiger partial charge on any atom is -0.398 e. The maximum absolute atomic E-state index is 12.4. The molecule has 1 aliphatic heterocycles. The van der Waals surface area contributed by atoms with E-state index in [1.54, 1.807) is 6.07 Å². The molecule has 5 nitrogen and oxygen atoms in total. The minimum atomic E-state index is -0.0129. The minimum absolute atomic E-state index is 0.0120. The van der Waals surface area contributed by atoms with Gasteiger partial charge in [0.25, 0.3) is 5.91 Å². The number of nitrogens with one attached hydrogen (secondary N) is 1. The van der Waals surface area contributed by atoms with E-state index in [-0.39, 0.29) is 17.9 Å². The number of carbonyl (C=O) groups is 2. The van der Waals surface area contributed by atoms with Crippen LogP contribution in [0.1, 0.15) is 35.7 Å². The number of benzene rings is 1. The normalized spacial score (nSPS) is 16.0. The number of nitrogens with two attached hydrogens (primary N) is 1. The van der Waals surface area contributed by atoms with Crippen LogP contribution in [0.5, 0.6) is 0 Å². The second-order valence-electron chi connectivity index (χ2n) is 5.34. The van der Waals surface area contributed by atoms with Crippen LogP contribution in [0.2, 0.25) is 0 Å². The molecule has 5 heteroatoms. The lowest BCUT2D eigenvalue weighted by Crippen LogP contribution is -2.46. The third-order valence-corrected chi connectivity index (χ3v) is 3.72. The molecule has 1 saturated heterocycles. The van der Waals surface area contributed by atoms with Crippen molar-refractivity contribution in [2.45, 2.75) is 32.7 Å². The number of amides is 2. The number of piperidine rings is 1. The fourth-order valence-electron chi connectivity index (χ4n) is 2.47. The second-order valence-corrected chi connectivity index (χ2v) is 5.34. The Kier molecular flexibility index (Phi) is 4.27. The van der Waals surface area contributed by atoms with Crippen LogP contribution < -0.4 is 11.1 Å². The second kappa shape index (κ2) is 5.94. The Balaban J connectivity index is 1.97. The molecule has 0 saturated carbocycles. The largest absolute Gasteiger partial charge is 0.398 e. The summed E-state index contributed by atoms with van der Waals surface area (Å²) in [6.45, 7) is 4.77. The Hall–Kier alpha value is -2.04. The van der Waals surface area contributed by atoms with Crippen molar-refractivity contribution in [1.82, 2.24) is 10.2 Å². The molecular weight excluding hydrogens is 254 g/mol. The number of aryl methyl sites for hydroxylation is 1. The van der Waals surface area contributed by atoms with Gasteiger partial charge in [0.1, 0.15) is 0 Å². The highest BCUT2D eigenvalue weighted by Gasteiger charge is 2.24. The molecule has 1 aromatic rings. The van der Waals surface area contributed by atoms with Gasteiger partial charge in [-0.15, -0.1) is 0 Å². The van der Waals surface area contributed by atoms with Crippen LogP contribution in [-0.2, 0) is 4.79 Å². The first kappa shape index (κ1) is 14.4. The van der Waals surface area contributed by atoms with Gasteiger partial charge in [0, 0.05) is 37.3 Å². The molecule has 2 amide bonds. The first-order valence-corrected chi connectivity index (χ1v) is 6.90. The fraction of sp³-hybridized carbons (Fsp3) is 0.467. The van der Waals surface area contributed by atoms with E-state index in [4.69, 9.17) is 5.73 Å². The van der Waals surface area contributed by atoms with Crippen LogP contribution in [0, 0.1) is 6.92 Å². The van der Waals surface area contributed by atoms with E-state index in [9.17, 15) is 9.59 Å². The predicted molar refractivity (Wildman–Crippen MR) is 78.3 cm³/mol. The van der Waals surface area contributed by atoms with Gasteiger partial charge in [0.2, 0.25) is 5.91 Å². The summed E-state index contributed by atoms with van der Waals surface area (Å²) in [6, 6.07) is 5.60. The number of rotatable bonds is 2. The molecule has 0 atom stereocenters. The van der Waals surface area contributed by atoms with Gasteiger partial charge in [0.05, 0.1) is 0 Å². The van der Waals surface area contributed by atoms with Crippen molar-refractivity contribution in [3.05, 3.63) is 29.3 Å². The summed E-state index contributed by atoms with van der Waals surface area (Å²) in [5.74, 6) is -0.000871. The average Bonchev–Trinajstić information content (AvgIpc) is 2.41. The lowest BCUT2D eigenvalue weighted by Gasteiger charge is -2.32. The maximum atomic E-state index is 12.4. The van der Waals surface area contributed by atoms with Crippen molar-refractivity contribution in [3.8, 4) is 0 Å². The number of anilines is 1. The van der Waals surface area contributed by atoms with Crippen LogP contribution in [-0.4, -0.2) is 35.8 Å². The molecule has 0 spiro atoms. The summed E-state index contributed by atoms with van der Waals surface area (Å²) in [7, 11) is 0. The number of nitrogen functional groups attached to an aromatic ring is 1. The first-order valence-electron chi connectivity index (χ1n) is 6.90.